The fraction of sp³-hybridized carbons (Fsp3) is 0.850. The van der Waals surface area contributed by atoms with Gasteiger partial charge in [-0.15, -0.1) is 0 Å². The van der Waals surface area contributed by atoms with Gasteiger partial charge in [0, 0.05) is 13.0 Å². The summed E-state index contributed by atoms with van der Waals surface area (Å²) in [6.07, 6.45) is 7.17. The summed E-state index contributed by atoms with van der Waals surface area (Å²) < 4.78 is 5.31. The van der Waals surface area contributed by atoms with Crippen molar-refractivity contribution in [3.63, 3.8) is 0 Å². The first-order chi connectivity index (χ1) is 12.3. The first kappa shape index (κ1) is 18.0. The minimum atomic E-state index is -0.648. The van der Waals surface area contributed by atoms with Gasteiger partial charge >= 0.3 is 0 Å². The van der Waals surface area contributed by atoms with Gasteiger partial charge in [0.05, 0.1) is 17.6 Å². The maximum atomic E-state index is 13.6. The van der Waals surface area contributed by atoms with E-state index in [0.717, 1.165) is 38.5 Å². The van der Waals surface area contributed by atoms with Crippen LogP contribution in [0.2, 0.25) is 0 Å². The van der Waals surface area contributed by atoms with Crippen molar-refractivity contribution < 1.29 is 14.4 Å². The molecule has 0 saturated heterocycles. The molecular weight excluding hydrogens is 330 g/mol. The summed E-state index contributed by atoms with van der Waals surface area (Å²) in [6, 6.07) is 0. The van der Waals surface area contributed by atoms with Crippen molar-refractivity contribution in [1.29, 1.82) is 0 Å². The molecular formula is C20H31N3O3. The van der Waals surface area contributed by atoms with Gasteiger partial charge in [-0.2, -0.15) is 4.98 Å². The second-order valence-corrected chi connectivity index (χ2v) is 9.14. The molecule has 6 nitrogen and oxygen atoms in total. The van der Waals surface area contributed by atoms with Gasteiger partial charge in [-0.05, 0) is 56.8 Å². The molecule has 0 unspecified atom stereocenters. The Morgan fingerprint density at radius 2 is 2.04 bits per heavy atom. The highest BCUT2D eigenvalue weighted by molar-refractivity contribution is 5.83. The Balaban J connectivity index is 1.59. The lowest BCUT2D eigenvalue weighted by Crippen LogP contribution is -2.64. The molecule has 5 rings (SSSR count). The summed E-state index contributed by atoms with van der Waals surface area (Å²) in [7, 11) is 0. The zero-order valence-corrected chi connectivity index (χ0v) is 16.3. The number of carbonyl (C=O) groups is 1. The fourth-order valence-corrected chi connectivity index (χ4v) is 6.54. The van der Waals surface area contributed by atoms with E-state index in [1.807, 2.05) is 18.7 Å². The average Bonchev–Trinajstić information content (AvgIpc) is 3.04. The van der Waals surface area contributed by atoms with E-state index in [1.165, 1.54) is 6.42 Å². The molecule has 4 aliphatic rings. The van der Waals surface area contributed by atoms with Crippen LogP contribution < -0.4 is 0 Å². The van der Waals surface area contributed by atoms with Gasteiger partial charge in [-0.25, -0.2) is 0 Å². The van der Waals surface area contributed by atoms with Crippen LogP contribution >= 0.6 is 0 Å². The minimum absolute atomic E-state index is 0.142. The van der Waals surface area contributed by atoms with Crippen LogP contribution in [0.15, 0.2) is 4.52 Å². The molecule has 144 valence electrons. The molecule has 4 atom stereocenters. The number of hydrogen-bond donors (Lipinski definition) is 1. The van der Waals surface area contributed by atoms with Crippen LogP contribution in [-0.4, -0.2) is 38.2 Å². The number of amides is 1. The molecule has 1 N–H and O–H groups in total. The molecule has 0 radical (unpaired) electrons. The van der Waals surface area contributed by atoms with E-state index in [2.05, 4.69) is 17.1 Å². The van der Waals surface area contributed by atoms with Crippen molar-refractivity contribution >= 4 is 5.91 Å². The Hall–Kier alpha value is -1.43. The highest BCUT2D eigenvalue weighted by Gasteiger charge is 2.65. The topological polar surface area (TPSA) is 79.5 Å². The Kier molecular flexibility index (Phi) is 4.17. The van der Waals surface area contributed by atoms with Gasteiger partial charge < -0.3 is 14.5 Å². The van der Waals surface area contributed by atoms with Gasteiger partial charge in [0.1, 0.15) is 0 Å². The van der Waals surface area contributed by atoms with Gasteiger partial charge in [0.2, 0.25) is 11.8 Å². The predicted octanol–water partition coefficient (Wildman–Crippen LogP) is 3.09. The highest BCUT2D eigenvalue weighted by Crippen LogP contribution is 2.68. The number of carbonyl (C=O) groups excluding carboxylic acids is 1. The summed E-state index contributed by atoms with van der Waals surface area (Å²) in [5.74, 6) is 1.84. The number of hydrogen-bond acceptors (Lipinski definition) is 5. The van der Waals surface area contributed by atoms with Crippen LogP contribution in [0.4, 0.5) is 0 Å². The van der Waals surface area contributed by atoms with Crippen molar-refractivity contribution in [3.8, 4) is 0 Å². The molecule has 4 fully saturated rings. The molecule has 4 saturated carbocycles. The lowest BCUT2D eigenvalue weighted by atomic mass is 9.42. The van der Waals surface area contributed by atoms with Crippen molar-refractivity contribution in [2.24, 2.45) is 16.7 Å². The minimum Gasteiger partial charge on any atom is -0.390 e. The van der Waals surface area contributed by atoms with Gasteiger partial charge in [0.25, 0.3) is 0 Å². The maximum Gasteiger partial charge on any atom is 0.246 e. The molecule has 1 aromatic heterocycles. The van der Waals surface area contributed by atoms with Crippen LogP contribution in [0.25, 0.3) is 0 Å². The standard InChI is InChI=1S/C20H31N3O3/c1-4-15-21-16(26-22-15)10-23(6-3)17(24)19-8-14-7-18(5-2,11-19)12-20(25,9-14)13-19/h14,25H,4-13H2,1-3H3/t14-,18+,19-,20+/m1/s1. The van der Waals surface area contributed by atoms with E-state index in [-0.39, 0.29) is 11.3 Å². The monoisotopic (exact) mass is 361 g/mol. The Bertz CT molecular complexity index is 704. The van der Waals surface area contributed by atoms with E-state index in [9.17, 15) is 9.90 Å². The number of aryl methyl sites for hydroxylation is 1. The van der Waals surface area contributed by atoms with E-state index in [4.69, 9.17) is 4.52 Å². The van der Waals surface area contributed by atoms with E-state index in [1.54, 1.807) is 0 Å². The van der Waals surface area contributed by atoms with Gasteiger partial charge in [-0.3, -0.25) is 4.79 Å². The van der Waals surface area contributed by atoms with Crippen molar-refractivity contribution in [2.75, 3.05) is 6.54 Å². The second-order valence-electron chi connectivity index (χ2n) is 9.14. The van der Waals surface area contributed by atoms with Crippen LogP contribution in [0, 0.1) is 16.7 Å². The van der Waals surface area contributed by atoms with Crippen LogP contribution in [0.3, 0.4) is 0 Å². The number of nitrogens with zero attached hydrogens (tertiary/aromatic N) is 3. The zero-order chi connectivity index (χ0) is 18.6. The van der Waals surface area contributed by atoms with Crippen molar-refractivity contribution in [2.45, 2.75) is 84.3 Å². The molecule has 1 amide bonds. The Morgan fingerprint density at radius 1 is 1.23 bits per heavy atom. The number of aliphatic hydroxyl groups is 1. The molecule has 1 aromatic rings. The highest BCUT2D eigenvalue weighted by atomic mass is 16.5. The van der Waals surface area contributed by atoms with Crippen LogP contribution in [0.1, 0.15) is 77.4 Å². The van der Waals surface area contributed by atoms with Crippen LogP contribution in [-0.2, 0) is 17.8 Å². The average molecular weight is 361 g/mol. The molecule has 0 aliphatic heterocycles. The molecule has 4 bridgehead atoms. The lowest BCUT2D eigenvalue weighted by Gasteiger charge is -2.64. The molecule has 6 heteroatoms. The first-order valence-electron chi connectivity index (χ1n) is 10.2. The molecule has 1 heterocycles. The third-order valence-corrected chi connectivity index (χ3v) is 7.18. The maximum absolute atomic E-state index is 13.6. The predicted molar refractivity (Wildman–Crippen MR) is 96.1 cm³/mol. The Morgan fingerprint density at radius 3 is 2.65 bits per heavy atom. The molecule has 0 spiro atoms. The summed E-state index contributed by atoms with van der Waals surface area (Å²) in [6.45, 7) is 7.19. The second kappa shape index (κ2) is 6.04. The van der Waals surface area contributed by atoms with Crippen LogP contribution in [0.5, 0.6) is 0 Å². The molecule has 0 aromatic carbocycles. The van der Waals surface area contributed by atoms with E-state index in [0.29, 0.717) is 37.1 Å². The normalized spacial score (nSPS) is 37.9. The summed E-state index contributed by atoms with van der Waals surface area (Å²) in [5, 5.41) is 15.1. The van der Waals surface area contributed by atoms with E-state index >= 15 is 0 Å². The largest absolute Gasteiger partial charge is 0.390 e. The summed E-state index contributed by atoms with van der Waals surface area (Å²) >= 11 is 0. The van der Waals surface area contributed by atoms with E-state index < -0.39 is 11.0 Å². The fourth-order valence-electron chi connectivity index (χ4n) is 6.54. The number of rotatable bonds is 6. The smallest absolute Gasteiger partial charge is 0.246 e. The summed E-state index contributed by atoms with van der Waals surface area (Å²) in [4.78, 5) is 19.9. The summed E-state index contributed by atoms with van der Waals surface area (Å²) in [5.41, 5.74) is -0.915. The first-order valence-corrected chi connectivity index (χ1v) is 10.2. The SMILES string of the molecule is CCc1noc(CN(CC)C(=O)[C@]23C[C@@H]4C[C@](O)(C[C@@](CC)(C4)C2)C3)n1. The van der Waals surface area contributed by atoms with Crippen molar-refractivity contribution in [3.05, 3.63) is 11.7 Å². The number of aromatic nitrogens is 2. The quantitative estimate of drug-likeness (QED) is 0.842. The molecule has 26 heavy (non-hydrogen) atoms. The van der Waals surface area contributed by atoms with Crippen molar-refractivity contribution in [1.82, 2.24) is 15.0 Å². The third kappa shape index (κ3) is 2.77. The lowest BCUT2D eigenvalue weighted by molar-refractivity contribution is -0.210. The molecule has 4 aliphatic carbocycles. The Labute approximate surface area is 155 Å². The zero-order valence-electron chi connectivity index (χ0n) is 16.3. The van der Waals surface area contributed by atoms with Gasteiger partial charge in [0.15, 0.2) is 5.82 Å². The van der Waals surface area contributed by atoms with Gasteiger partial charge in [-0.1, -0.05) is 25.4 Å². The third-order valence-electron chi connectivity index (χ3n) is 7.18.